The lowest BCUT2D eigenvalue weighted by molar-refractivity contribution is -0.113. The molecule has 150 valence electrons. The molecule has 28 heavy (non-hydrogen) atoms. The minimum atomic E-state index is -0.128. The third-order valence-corrected chi connectivity index (χ3v) is 5.93. The van der Waals surface area contributed by atoms with E-state index in [1.165, 1.54) is 0 Å². The molecule has 0 unspecified atom stereocenters. The van der Waals surface area contributed by atoms with Crippen molar-refractivity contribution in [2.75, 3.05) is 44.2 Å². The third-order valence-electron chi connectivity index (χ3n) is 5.52. The number of piperazine rings is 1. The van der Waals surface area contributed by atoms with E-state index in [-0.39, 0.29) is 29.0 Å². The number of likely N-dealkylation sites (tertiary alicyclic amines) is 1. The van der Waals surface area contributed by atoms with Gasteiger partial charge in [0, 0.05) is 62.3 Å². The van der Waals surface area contributed by atoms with Crippen molar-refractivity contribution in [1.82, 2.24) is 15.2 Å². The second-order valence-corrected chi connectivity index (χ2v) is 8.44. The Bertz CT molecular complexity index is 823. The zero-order valence-electron chi connectivity index (χ0n) is 16.3. The van der Waals surface area contributed by atoms with Gasteiger partial charge in [-0.2, -0.15) is 0 Å². The summed E-state index contributed by atoms with van der Waals surface area (Å²) >= 11 is 6.19. The van der Waals surface area contributed by atoms with Crippen LogP contribution < -0.4 is 15.0 Å². The summed E-state index contributed by atoms with van der Waals surface area (Å²) in [7, 11) is 0. The minimum absolute atomic E-state index is 0.00109. The van der Waals surface area contributed by atoms with Gasteiger partial charge in [-0.15, -0.1) is 0 Å². The summed E-state index contributed by atoms with van der Waals surface area (Å²) in [6.07, 6.45) is 4.35. The molecule has 4 heterocycles. The maximum atomic E-state index is 11.8. The molecule has 0 saturated carbocycles. The van der Waals surface area contributed by atoms with Crippen molar-refractivity contribution in [3.8, 4) is 5.88 Å². The molecule has 0 radical (unpaired) electrons. The van der Waals surface area contributed by atoms with Crippen LogP contribution in [0.2, 0.25) is 0 Å². The summed E-state index contributed by atoms with van der Waals surface area (Å²) in [5.74, 6) is 0.503. The first kappa shape index (κ1) is 19.2. The number of nitrogens with one attached hydrogen (secondary N) is 1. The molecule has 3 aliphatic rings. The molecule has 0 aromatic carbocycles. The van der Waals surface area contributed by atoms with Gasteiger partial charge in [-0.3, -0.25) is 9.79 Å². The van der Waals surface area contributed by atoms with Gasteiger partial charge in [0.05, 0.1) is 12.2 Å². The van der Waals surface area contributed by atoms with E-state index < -0.39 is 0 Å². The number of pyridine rings is 1. The van der Waals surface area contributed by atoms with Crippen molar-refractivity contribution in [1.29, 1.82) is 0 Å². The highest BCUT2D eigenvalue weighted by molar-refractivity contribution is 6.44. The zero-order chi connectivity index (χ0) is 19.7. The van der Waals surface area contributed by atoms with Gasteiger partial charge < -0.3 is 19.9 Å². The van der Waals surface area contributed by atoms with Gasteiger partial charge in [0.1, 0.15) is 17.7 Å². The maximum Gasteiger partial charge on any atom is 0.215 e. The van der Waals surface area contributed by atoms with Crippen molar-refractivity contribution in [3.05, 3.63) is 29.1 Å². The van der Waals surface area contributed by atoms with Gasteiger partial charge in [-0.1, -0.05) is 11.6 Å². The normalized spacial score (nSPS) is 24.8. The van der Waals surface area contributed by atoms with E-state index >= 15 is 0 Å². The van der Waals surface area contributed by atoms with Crippen molar-refractivity contribution in [3.63, 3.8) is 0 Å². The Balaban J connectivity index is 1.44. The molecule has 2 saturated heterocycles. The fraction of sp³-hybridized carbons (Fsp3) is 0.550. The number of ether oxygens (including phenoxy) is 1. The molecule has 0 spiro atoms. The Morgan fingerprint density at radius 2 is 2.21 bits per heavy atom. The zero-order valence-corrected chi connectivity index (χ0v) is 17.1. The molecule has 3 aliphatic heterocycles. The van der Waals surface area contributed by atoms with Gasteiger partial charge in [0.2, 0.25) is 5.88 Å². The van der Waals surface area contributed by atoms with Crippen LogP contribution in [-0.4, -0.2) is 72.8 Å². The van der Waals surface area contributed by atoms with Crippen LogP contribution in [-0.2, 0) is 4.79 Å². The molecule has 0 aliphatic carbocycles. The second kappa shape index (κ2) is 7.72. The quantitative estimate of drug-likeness (QED) is 0.827. The standard InChI is InChI=1S/C20H26ClN5O2/c1-20(2)13-22-6-8-26(20)14-3-5-24-18(9-14)28-15-4-7-25(12-15)16-10-23-11-17(27)19(16)21/h3,5,9-10,15,22H,4,6-8,11-13H2,1-2H3/t15-/m1/s1. The van der Waals surface area contributed by atoms with E-state index in [2.05, 4.69) is 38.9 Å². The number of Topliss-reactive ketones (excluding diaryl/α,β-unsaturated/α-hetero) is 1. The molecule has 1 aromatic heterocycles. The molecule has 7 nitrogen and oxygen atoms in total. The van der Waals surface area contributed by atoms with Gasteiger partial charge in [-0.05, 0) is 19.9 Å². The predicted molar refractivity (Wildman–Crippen MR) is 110 cm³/mol. The monoisotopic (exact) mass is 403 g/mol. The first-order chi connectivity index (χ1) is 13.4. The number of halogens is 1. The molecule has 1 atom stereocenters. The summed E-state index contributed by atoms with van der Waals surface area (Å²) < 4.78 is 6.17. The first-order valence-electron chi connectivity index (χ1n) is 9.73. The van der Waals surface area contributed by atoms with Crippen LogP contribution in [0.1, 0.15) is 20.3 Å². The summed E-state index contributed by atoms with van der Waals surface area (Å²) in [5, 5.41) is 3.72. The highest BCUT2D eigenvalue weighted by atomic mass is 35.5. The lowest BCUT2D eigenvalue weighted by Gasteiger charge is -2.44. The van der Waals surface area contributed by atoms with E-state index in [0.29, 0.717) is 18.1 Å². The van der Waals surface area contributed by atoms with Gasteiger partial charge in [0.25, 0.3) is 0 Å². The number of nitrogens with zero attached hydrogens (tertiary/aromatic N) is 4. The Hall–Kier alpha value is -2.12. The van der Waals surface area contributed by atoms with Gasteiger partial charge in [-0.25, -0.2) is 4.98 Å². The number of rotatable bonds is 4. The average molecular weight is 404 g/mol. The summed E-state index contributed by atoms with van der Waals surface area (Å²) in [6.45, 7) is 8.91. The largest absolute Gasteiger partial charge is 0.472 e. The molecular formula is C20H26ClN5O2. The van der Waals surface area contributed by atoms with Crippen LogP contribution in [0.5, 0.6) is 5.88 Å². The van der Waals surface area contributed by atoms with Crippen LogP contribution in [0.4, 0.5) is 5.69 Å². The van der Waals surface area contributed by atoms with E-state index in [1.54, 1.807) is 12.4 Å². The average Bonchev–Trinajstić information content (AvgIpc) is 3.12. The SMILES string of the molecule is CC1(C)CNCCN1c1ccnc(O[C@@H]2CCN(C3=C(Cl)C(=O)CN=C3)C2)c1. The van der Waals surface area contributed by atoms with Crippen LogP contribution in [0.15, 0.2) is 34.1 Å². The number of ketones is 1. The van der Waals surface area contributed by atoms with Crippen LogP contribution >= 0.6 is 11.6 Å². The lowest BCUT2D eigenvalue weighted by Crippen LogP contribution is -2.58. The number of hydrogen-bond donors (Lipinski definition) is 1. The Kier molecular flexibility index (Phi) is 5.29. The molecule has 8 heteroatoms. The van der Waals surface area contributed by atoms with Crippen molar-refractivity contribution < 1.29 is 9.53 Å². The summed E-state index contributed by atoms with van der Waals surface area (Å²) in [5.41, 5.74) is 1.87. The van der Waals surface area contributed by atoms with Crippen molar-refractivity contribution >= 4 is 29.3 Å². The number of carbonyl (C=O) groups excluding carboxylic acids is 1. The molecule has 0 amide bonds. The van der Waals surface area contributed by atoms with Gasteiger partial charge in [0.15, 0.2) is 5.78 Å². The van der Waals surface area contributed by atoms with Gasteiger partial charge >= 0.3 is 0 Å². The Morgan fingerprint density at radius 3 is 3.04 bits per heavy atom. The molecule has 2 fully saturated rings. The first-order valence-corrected chi connectivity index (χ1v) is 10.1. The van der Waals surface area contributed by atoms with Crippen LogP contribution in [0, 0.1) is 0 Å². The number of carbonyl (C=O) groups is 1. The molecular weight excluding hydrogens is 378 g/mol. The number of aliphatic imine (C=N–C) groups is 1. The lowest BCUT2D eigenvalue weighted by atomic mass is 9.99. The van der Waals surface area contributed by atoms with Crippen LogP contribution in [0.25, 0.3) is 0 Å². The Morgan fingerprint density at radius 1 is 1.36 bits per heavy atom. The topological polar surface area (TPSA) is 70.1 Å². The molecule has 4 rings (SSSR count). The minimum Gasteiger partial charge on any atom is -0.472 e. The molecule has 0 bridgehead atoms. The Labute approximate surface area is 170 Å². The maximum absolute atomic E-state index is 11.8. The van der Waals surface area contributed by atoms with E-state index in [9.17, 15) is 4.79 Å². The van der Waals surface area contributed by atoms with E-state index in [4.69, 9.17) is 16.3 Å². The fourth-order valence-electron chi connectivity index (χ4n) is 4.01. The number of aromatic nitrogens is 1. The van der Waals surface area contributed by atoms with E-state index in [1.807, 2.05) is 12.1 Å². The van der Waals surface area contributed by atoms with Crippen molar-refractivity contribution in [2.24, 2.45) is 4.99 Å². The highest BCUT2D eigenvalue weighted by Gasteiger charge is 2.31. The summed E-state index contributed by atoms with van der Waals surface area (Å²) in [4.78, 5) is 24.8. The van der Waals surface area contributed by atoms with Crippen LogP contribution in [0.3, 0.4) is 0 Å². The smallest absolute Gasteiger partial charge is 0.215 e. The number of allylic oxidation sites excluding steroid dienone is 1. The van der Waals surface area contributed by atoms with E-state index in [0.717, 1.165) is 38.3 Å². The molecule has 1 N–H and O–H groups in total. The van der Waals surface area contributed by atoms with Crippen molar-refractivity contribution in [2.45, 2.75) is 31.9 Å². The number of hydrogen-bond acceptors (Lipinski definition) is 7. The third kappa shape index (κ3) is 3.86. The number of anilines is 1. The fourth-order valence-corrected chi connectivity index (χ4v) is 4.24. The number of dihydropyridines is 1. The molecule has 1 aromatic rings. The second-order valence-electron chi connectivity index (χ2n) is 8.06. The summed E-state index contributed by atoms with van der Waals surface area (Å²) in [6, 6.07) is 4.06. The predicted octanol–water partition coefficient (Wildman–Crippen LogP) is 1.83. The highest BCUT2D eigenvalue weighted by Crippen LogP contribution is 2.29.